The predicted octanol–water partition coefficient (Wildman–Crippen LogP) is 3.49. The van der Waals surface area contributed by atoms with E-state index in [9.17, 15) is 4.79 Å². The van der Waals surface area contributed by atoms with Crippen LogP contribution in [0.1, 0.15) is 44.4 Å². The molecule has 1 aliphatic carbocycles. The van der Waals surface area contributed by atoms with Gasteiger partial charge in [-0.15, -0.1) is 0 Å². The third-order valence-electron chi connectivity index (χ3n) is 3.24. The Morgan fingerprint density at radius 3 is 2.67 bits per heavy atom. The molecule has 0 bridgehead atoms. The summed E-state index contributed by atoms with van der Waals surface area (Å²) in [5.74, 6) is -0.187. The molecule has 0 unspecified atom stereocenters. The Balaban J connectivity index is 2.39. The van der Waals surface area contributed by atoms with Crippen molar-refractivity contribution in [3.05, 3.63) is 40.5 Å². The zero-order chi connectivity index (χ0) is 13.3. The number of rotatable bonds is 2. The Kier molecular flexibility index (Phi) is 3.29. The fraction of sp³-hybridized carbons (Fsp3) is 0.438. The van der Waals surface area contributed by atoms with Gasteiger partial charge in [-0.1, -0.05) is 39.0 Å². The van der Waals surface area contributed by atoms with Crippen molar-refractivity contribution in [2.45, 2.75) is 39.5 Å². The van der Waals surface area contributed by atoms with Crippen LogP contribution in [-0.4, -0.2) is 12.6 Å². The number of esters is 1. The number of hydrogen-bond donors (Lipinski definition) is 0. The number of ether oxygens (including phenoxy) is 1. The van der Waals surface area contributed by atoms with Gasteiger partial charge >= 0.3 is 5.97 Å². The van der Waals surface area contributed by atoms with Crippen LogP contribution in [0.25, 0.3) is 6.08 Å². The van der Waals surface area contributed by atoms with E-state index in [1.807, 2.05) is 13.0 Å². The molecule has 0 atom stereocenters. The molecule has 0 amide bonds. The summed E-state index contributed by atoms with van der Waals surface area (Å²) in [4.78, 5) is 11.8. The van der Waals surface area contributed by atoms with Crippen molar-refractivity contribution in [1.82, 2.24) is 0 Å². The molecule has 0 saturated carbocycles. The third kappa shape index (κ3) is 2.33. The second-order valence-corrected chi connectivity index (χ2v) is 5.70. The van der Waals surface area contributed by atoms with E-state index in [4.69, 9.17) is 4.74 Å². The van der Waals surface area contributed by atoms with Gasteiger partial charge in [0.2, 0.25) is 0 Å². The molecule has 2 nitrogen and oxygen atoms in total. The fourth-order valence-corrected chi connectivity index (χ4v) is 2.38. The smallest absolute Gasteiger partial charge is 0.334 e. The quantitative estimate of drug-likeness (QED) is 0.744. The van der Waals surface area contributed by atoms with Crippen molar-refractivity contribution in [3.8, 4) is 0 Å². The van der Waals surface area contributed by atoms with Crippen molar-refractivity contribution in [3.63, 3.8) is 0 Å². The van der Waals surface area contributed by atoms with E-state index in [1.165, 1.54) is 16.7 Å². The molecule has 0 aromatic heterocycles. The molecule has 18 heavy (non-hydrogen) atoms. The molecule has 1 aliphatic rings. The first kappa shape index (κ1) is 12.9. The van der Waals surface area contributed by atoms with E-state index in [0.29, 0.717) is 13.0 Å². The monoisotopic (exact) mass is 244 g/mol. The highest BCUT2D eigenvalue weighted by atomic mass is 16.5. The lowest BCUT2D eigenvalue weighted by Crippen LogP contribution is -2.13. The van der Waals surface area contributed by atoms with E-state index >= 15 is 0 Å². The molecule has 0 aliphatic heterocycles. The number of carbonyl (C=O) groups is 1. The van der Waals surface area contributed by atoms with Crippen LogP contribution in [0.5, 0.6) is 0 Å². The van der Waals surface area contributed by atoms with Crippen LogP contribution in [-0.2, 0) is 21.4 Å². The molecular weight excluding hydrogens is 224 g/mol. The highest BCUT2D eigenvalue weighted by Crippen LogP contribution is 2.34. The van der Waals surface area contributed by atoms with Gasteiger partial charge in [0.15, 0.2) is 0 Å². The van der Waals surface area contributed by atoms with Gasteiger partial charge in [0.25, 0.3) is 0 Å². The van der Waals surface area contributed by atoms with Crippen LogP contribution < -0.4 is 0 Å². The van der Waals surface area contributed by atoms with Gasteiger partial charge < -0.3 is 4.74 Å². The molecule has 2 rings (SSSR count). The highest BCUT2D eigenvalue weighted by Gasteiger charge is 2.25. The molecule has 0 radical (unpaired) electrons. The predicted molar refractivity (Wildman–Crippen MR) is 73.5 cm³/mol. The van der Waals surface area contributed by atoms with Crippen LogP contribution >= 0.6 is 0 Å². The van der Waals surface area contributed by atoms with Gasteiger partial charge in [-0.3, -0.25) is 0 Å². The summed E-state index contributed by atoms with van der Waals surface area (Å²) in [6, 6.07) is 6.30. The summed E-state index contributed by atoms with van der Waals surface area (Å²) in [7, 11) is 0. The zero-order valence-electron chi connectivity index (χ0n) is 11.5. The Labute approximate surface area is 109 Å². The Bertz CT molecular complexity index is 504. The van der Waals surface area contributed by atoms with Crippen molar-refractivity contribution in [2.24, 2.45) is 0 Å². The zero-order valence-corrected chi connectivity index (χ0v) is 11.5. The van der Waals surface area contributed by atoms with E-state index in [0.717, 1.165) is 5.57 Å². The first-order chi connectivity index (χ1) is 8.43. The molecule has 1 aromatic carbocycles. The van der Waals surface area contributed by atoms with E-state index in [1.54, 1.807) is 0 Å². The van der Waals surface area contributed by atoms with Gasteiger partial charge in [-0.2, -0.15) is 0 Å². The summed E-state index contributed by atoms with van der Waals surface area (Å²) in [5.41, 5.74) is 4.58. The van der Waals surface area contributed by atoms with Crippen LogP contribution in [0.4, 0.5) is 0 Å². The Hall–Kier alpha value is -1.57. The minimum atomic E-state index is -0.187. The van der Waals surface area contributed by atoms with Crippen LogP contribution in [0.2, 0.25) is 0 Å². The minimum absolute atomic E-state index is 0.0892. The van der Waals surface area contributed by atoms with E-state index in [2.05, 4.69) is 39.0 Å². The van der Waals surface area contributed by atoms with Gasteiger partial charge in [-0.25, -0.2) is 4.79 Å². The average Bonchev–Trinajstić information content (AvgIpc) is 2.71. The topological polar surface area (TPSA) is 26.3 Å². The van der Waals surface area contributed by atoms with Crippen molar-refractivity contribution in [2.75, 3.05) is 6.61 Å². The molecular formula is C16H20O2. The number of hydrogen-bond acceptors (Lipinski definition) is 2. The molecule has 0 saturated heterocycles. The van der Waals surface area contributed by atoms with Gasteiger partial charge in [-0.05, 0) is 35.1 Å². The number of benzene rings is 1. The maximum Gasteiger partial charge on any atom is 0.334 e. The molecule has 0 spiro atoms. The lowest BCUT2D eigenvalue weighted by Gasteiger charge is -2.22. The van der Waals surface area contributed by atoms with Crippen LogP contribution in [0, 0.1) is 0 Å². The second-order valence-electron chi connectivity index (χ2n) is 5.70. The maximum absolute atomic E-state index is 11.8. The molecule has 0 heterocycles. The third-order valence-corrected chi connectivity index (χ3v) is 3.24. The Morgan fingerprint density at radius 2 is 2.06 bits per heavy atom. The SMILES string of the molecule is CCOC(=O)C1=Cc2c(cccc2C(C)(C)C)C1. The summed E-state index contributed by atoms with van der Waals surface area (Å²) >= 11 is 0. The lowest BCUT2D eigenvalue weighted by molar-refractivity contribution is -0.138. The lowest BCUT2D eigenvalue weighted by atomic mass is 9.83. The van der Waals surface area contributed by atoms with E-state index in [-0.39, 0.29) is 11.4 Å². The summed E-state index contributed by atoms with van der Waals surface area (Å²) in [6.07, 6.45) is 2.69. The molecule has 1 aromatic rings. The number of carbonyl (C=O) groups excluding carboxylic acids is 1. The molecule has 0 fully saturated rings. The summed E-state index contributed by atoms with van der Waals surface area (Å²) in [6.45, 7) is 8.84. The molecule has 96 valence electrons. The standard InChI is InChI=1S/C16H20O2/c1-5-18-15(17)12-9-11-7-6-8-14(13(11)10-12)16(2,3)4/h6-8,10H,5,9H2,1-4H3. The first-order valence-corrected chi connectivity index (χ1v) is 6.43. The first-order valence-electron chi connectivity index (χ1n) is 6.43. The molecule has 2 heteroatoms. The second kappa shape index (κ2) is 4.60. The van der Waals surface area contributed by atoms with Gasteiger partial charge in [0, 0.05) is 12.0 Å². The van der Waals surface area contributed by atoms with Crippen molar-refractivity contribution >= 4 is 12.0 Å². The normalized spacial score (nSPS) is 14.1. The molecule has 0 N–H and O–H groups in total. The average molecular weight is 244 g/mol. The van der Waals surface area contributed by atoms with Crippen molar-refractivity contribution in [1.29, 1.82) is 0 Å². The number of fused-ring (bicyclic) bond motifs is 1. The van der Waals surface area contributed by atoms with Crippen LogP contribution in [0.15, 0.2) is 23.8 Å². The summed E-state index contributed by atoms with van der Waals surface area (Å²) in [5, 5.41) is 0. The van der Waals surface area contributed by atoms with Gasteiger partial charge in [0.1, 0.15) is 0 Å². The van der Waals surface area contributed by atoms with E-state index < -0.39 is 0 Å². The Morgan fingerprint density at radius 1 is 1.33 bits per heavy atom. The van der Waals surface area contributed by atoms with Crippen LogP contribution in [0.3, 0.4) is 0 Å². The maximum atomic E-state index is 11.8. The summed E-state index contributed by atoms with van der Waals surface area (Å²) < 4.78 is 5.08. The fourth-order valence-electron chi connectivity index (χ4n) is 2.38. The minimum Gasteiger partial charge on any atom is -0.463 e. The van der Waals surface area contributed by atoms with Gasteiger partial charge in [0.05, 0.1) is 6.61 Å². The largest absolute Gasteiger partial charge is 0.463 e. The highest BCUT2D eigenvalue weighted by molar-refractivity contribution is 5.97. The van der Waals surface area contributed by atoms with Crippen molar-refractivity contribution < 1.29 is 9.53 Å².